The van der Waals surface area contributed by atoms with Gasteiger partial charge in [-0.3, -0.25) is 4.84 Å². The summed E-state index contributed by atoms with van der Waals surface area (Å²) >= 11 is 0. The molecule has 2 bridgehead atoms. The second kappa shape index (κ2) is 8.27. The molecule has 3 fully saturated rings. The van der Waals surface area contributed by atoms with Crippen LogP contribution in [-0.4, -0.2) is 46.6 Å². The number of nitrogens with zero attached hydrogens (tertiary/aromatic N) is 2. The molecule has 3 aliphatic rings. The van der Waals surface area contributed by atoms with Crippen LogP contribution in [0.1, 0.15) is 50.5 Å². The maximum absolute atomic E-state index is 12.7. The minimum absolute atomic E-state index is 0.00318. The molecule has 0 unspecified atom stereocenters. The predicted octanol–water partition coefficient (Wildman–Crippen LogP) is 2.77. The molecule has 1 aliphatic carbocycles. The predicted molar refractivity (Wildman–Crippen MR) is 98.1 cm³/mol. The Labute approximate surface area is 159 Å². The number of carbonyl (C=O) groups excluding carboxylic acids is 2. The molecule has 1 aromatic rings. The lowest BCUT2D eigenvalue weighted by Gasteiger charge is -2.29. The number of fused-ring (bicyclic) bond motifs is 2. The van der Waals surface area contributed by atoms with Gasteiger partial charge in [-0.2, -0.15) is 5.06 Å². The molecule has 0 radical (unpaired) electrons. The topological polar surface area (TPSA) is 71.1 Å². The smallest absolute Gasteiger partial charge is 0.347 e. The van der Waals surface area contributed by atoms with E-state index in [1.807, 2.05) is 30.3 Å². The normalized spacial score (nSPS) is 25.7. The monoisotopic (exact) mass is 373 g/mol. The van der Waals surface area contributed by atoms with Crippen LogP contribution < -0.4 is 5.48 Å². The van der Waals surface area contributed by atoms with Crippen LogP contribution in [0.25, 0.3) is 0 Å². The fourth-order valence-corrected chi connectivity index (χ4v) is 4.19. The maximum atomic E-state index is 12.7. The Balaban J connectivity index is 1.31. The second-order valence-corrected chi connectivity index (χ2v) is 7.64. The Morgan fingerprint density at radius 3 is 2.63 bits per heavy atom. The first-order valence-electron chi connectivity index (χ1n) is 9.95. The fraction of sp³-hybridized carbons (Fsp3) is 0.600. The van der Waals surface area contributed by atoms with E-state index in [2.05, 4.69) is 5.48 Å². The van der Waals surface area contributed by atoms with Gasteiger partial charge >= 0.3 is 12.0 Å². The fourth-order valence-electron chi connectivity index (χ4n) is 4.19. The molecule has 1 saturated carbocycles. The highest BCUT2D eigenvalue weighted by atomic mass is 16.7. The van der Waals surface area contributed by atoms with Crippen LogP contribution in [0.3, 0.4) is 0 Å². The SMILES string of the molecule is O=C(ONC1CCCCC1)[C@@H]1CC[C@@H]2CN1C(=O)N2OCc1ccccc1. The van der Waals surface area contributed by atoms with Crippen LogP contribution in [0.4, 0.5) is 4.79 Å². The van der Waals surface area contributed by atoms with Gasteiger partial charge in [-0.25, -0.2) is 9.59 Å². The molecule has 4 rings (SSSR count). The largest absolute Gasteiger partial charge is 0.369 e. The first kappa shape index (κ1) is 18.3. The average Bonchev–Trinajstić information content (AvgIpc) is 2.96. The van der Waals surface area contributed by atoms with Crippen LogP contribution in [0.5, 0.6) is 0 Å². The second-order valence-electron chi connectivity index (χ2n) is 7.64. The van der Waals surface area contributed by atoms with Crippen molar-refractivity contribution in [3.05, 3.63) is 35.9 Å². The van der Waals surface area contributed by atoms with Crippen molar-refractivity contribution in [3.8, 4) is 0 Å². The van der Waals surface area contributed by atoms with E-state index in [0.29, 0.717) is 19.6 Å². The van der Waals surface area contributed by atoms with Gasteiger partial charge in [-0.05, 0) is 31.2 Å². The van der Waals surface area contributed by atoms with E-state index in [4.69, 9.17) is 9.68 Å². The molecule has 2 saturated heterocycles. The Morgan fingerprint density at radius 1 is 1.07 bits per heavy atom. The molecule has 0 aromatic heterocycles. The van der Waals surface area contributed by atoms with Crippen molar-refractivity contribution in [2.24, 2.45) is 0 Å². The highest BCUT2D eigenvalue weighted by Gasteiger charge is 2.48. The van der Waals surface area contributed by atoms with Gasteiger partial charge in [0, 0.05) is 12.6 Å². The third-order valence-corrected chi connectivity index (χ3v) is 5.74. The van der Waals surface area contributed by atoms with Gasteiger partial charge < -0.3 is 9.74 Å². The molecule has 7 heteroatoms. The number of nitrogens with one attached hydrogen (secondary N) is 1. The number of hydrogen-bond donors (Lipinski definition) is 1. The van der Waals surface area contributed by atoms with Gasteiger partial charge in [0.2, 0.25) is 0 Å². The average molecular weight is 373 g/mol. The van der Waals surface area contributed by atoms with E-state index in [1.54, 1.807) is 4.90 Å². The number of carbonyl (C=O) groups is 2. The Bertz CT molecular complexity index is 662. The maximum Gasteiger partial charge on any atom is 0.347 e. The summed E-state index contributed by atoms with van der Waals surface area (Å²) in [5.74, 6) is -0.364. The Kier molecular flexibility index (Phi) is 5.59. The third kappa shape index (κ3) is 4.09. The molecule has 7 nitrogen and oxygen atoms in total. The summed E-state index contributed by atoms with van der Waals surface area (Å²) in [5.41, 5.74) is 3.93. The van der Waals surface area contributed by atoms with Gasteiger partial charge in [-0.15, -0.1) is 5.48 Å². The summed E-state index contributed by atoms with van der Waals surface area (Å²) in [6, 6.07) is 9.21. The van der Waals surface area contributed by atoms with Crippen LogP contribution >= 0.6 is 0 Å². The summed E-state index contributed by atoms with van der Waals surface area (Å²) in [4.78, 5) is 38.0. The summed E-state index contributed by atoms with van der Waals surface area (Å²) in [6.07, 6.45) is 6.98. The van der Waals surface area contributed by atoms with E-state index < -0.39 is 6.04 Å². The lowest BCUT2D eigenvalue weighted by Crippen LogP contribution is -2.48. The highest BCUT2D eigenvalue weighted by molar-refractivity contribution is 5.85. The molecule has 2 atom stereocenters. The van der Waals surface area contributed by atoms with Crippen molar-refractivity contribution < 1.29 is 19.3 Å². The van der Waals surface area contributed by atoms with Crippen molar-refractivity contribution in [2.75, 3.05) is 6.54 Å². The summed E-state index contributed by atoms with van der Waals surface area (Å²) in [6.45, 7) is 0.853. The standard InChI is InChI=1S/C20H27N3O4/c24-19(27-21-16-9-5-2-6-10-16)18-12-11-17-13-22(18)20(25)23(17)26-14-15-7-3-1-4-8-15/h1,3-4,7-8,16-18,21H,2,5-6,9-14H2/t17-,18+/m1/s1. The van der Waals surface area contributed by atoms with Crippen molar-refractivity contribution in [3.63, 3.8) is 0 Å². The van der Waals surface area contributed by atoms with E-state index >= 15 is 0 Å². The lowest BCUT2D eigenvalue weighted by atomic mass is 9.96. The molecular formula is C20H27N3O4. The van der Waals surface area contributed by atoms with E-state index in [9.17, 15) is 9.59 Å². The molecule has 1 aromatic carbocycles. The summed E-state index contributed by atoms with van der Waals surface area (Å²) < 4.78 is 0. The van der Waals surface area contributed by atoms with Crippen molar-refractivity contribution in [1.82, 2.24) is 15.4 Å². The van der Waals surface area contributed by atoms with Gasteiger partial charge in [-0.1, -0.05) is 49.6 Å². The summed E-state index contributed by atoms with van der Waals surface area (Å²) in [7, 11) is 0. The van der Waals surface area contributed by atoms with Crippen LogP contribution in [0, 0.1) is 0 Å². The zero-order chi connectivity index (χ0) is 18.6. The van der Waals surface area contributed by atoms with Gasteiger partial charge in [0.1, 0.15) is 12.6 Å². The van der Waals surface area contributed by atoms with Gasteiger partial charge in [0.15, 0.2) is 0 Å². The lowest BCUT2D eigenvalue weighted by molar-refractivity contribution is -0.159. The zero-order valence-electron chi connectivity index (χ0n) is 15.5. The first-order valence-corrected chi connectivity index (χ1v) is 9.95. The number of piperidine rings is 1. The van der Waals surface area contributed by atoms with Gasteiger partial charge in [0.05, 0.1) is 6.04 Å². The number of benzene rings is 1. The molecule has 146 valence electrons. The molecular weight excluding hydrogens is 346 g/mol. The molecule has 2 heterocycles. The summed E-state index contributed by atoms with van der Waals surface area (Å²) in [5, 5.41) is 1.44. The quantitative estimate of drug-likeness (QED) is 0.777. The molecule has 1 N–H and O–H groups in total. The highest BCUT2D eigenvalue weighted by Crippen LogP contribution is 2.31. The van der Waals surface area contributed by atoms with E-state index in [0.717, 1.165) is 24.8 Å². The third-order valence-electron chi connectivity index (χ3n) is 5.74. The molecule has 0 spiro atoms. The minimum Gasteiger partial charge on any atom is -0.369 e. The van der Waals surface area contributed by atoms with Crippen LogP contribution in [0.2, 0.25) is 0 Å². The zero-order valence-corrected chi connectivity index (χ0v) is 15.5. The van der Waals surface area contributed by atoms with Crippen LogP contribution in [0.15, 0.2) is 30.3 Å². The van der Waals surface area contributed by atoms with Crippen molar-refractivity contribution >= 4 is 12.0 Å². The number of urea groups is 1. The van der Waals surface area contributed by atoms with Crippen molar-refractivity contribution in [1.29, 1.82) is 0 Å². The Hall–Kier alpha value is -2.12. The molecule has 2 aliphatic heterocycles. The molecule has 27 heavy (non-hydrogen) atoms. The Morgan fingerprint density at radius 2 is 1.85 bits per heavy atom. The first-order chi connectivity index (χ1) is 13.2. The minimum atomic E-state index is -0.532. The van der Waals surface area contributed by atoms with Crippen molar-refractivity contribution in [2.45, 2.75) is 69.7 Å². The van der Waals surface area contributed by atoms with Crippen LogP contribution in [-0.2, 0) is 21.1 Å². The van der Waals surface area contributed by atoms with E-state index in [1.165, 1.54) is 24.3 Å². The number of hydroxylamine groups is 3. The van der Waals surface area contributed by atoms with Gasteiger partial charge in [0.25, 0.3) is 0 Å². The number of amides is 2. The molecule has 2 amide bonds. The van der Waals surface area contributed by atoms with E-state index in [-0.39, 0.29) is 24.1 Å². The number of rotatable bonds is 6. The number of hydrogen-bond acceptors (Lipinski definition) is 5.